The molecule has 0 spiro atoms. The SMILES string of the molecule is CN=C(NCCCCC(=O)OC)NCc1ccc(Cl)cc1Cl. The Bertz CT molecular complexity index is 522. The molecule has 1 aromatic rings. The lowest BCUT2D eigenvalue weighted by atomic mass is 10.2. The summed E-state index contributed by atoms with van der Waals surface area (Å²) in [4.78, 5) is 15.1. The molecule has 0 aromatic heterocycles. The second-order valence-electron chi connectivity index (χ2n) is 4.62. The van der Waals surface area contributed by atoms with Crippen molar-refractivity contribution in [2.24, 2.45) is 4.99 Å². The fraction of sp³-hybridized carbons (Fsp3) is 0.467. The molecule has 5 nitrogen and oxygen atoms in total. The molecule has 0 heterocycles. The van der Waals surface area contributed by atoms with Gasteiger partial charge < -0.3 is 15.4 Å². The van der Waals surface area contributed by atoms with Crippen LogP contribution in [0.4, 0.5) is 0 Å². The van der Waals surface area contributed by atoms with Crippen LogP contribution in [0.2, 0.25) is 10.0 Å². The lowest BCUT2D eigenvalue weighted by molar-refractivity contribution is -0.140. The third-order valence-electron chi connectivity index (χ3n) is 3.01. The number of carbonyl (C=O) groups excluding carboxylic acids is 1. The monoisotopic (exact) mass is 345 g/mol. The van der Waals surface area contributed by atoms with Crippen molar-refractivity contribution in [2.75, 3.05) is 20.7 Å². The van der Waals surface area contributed by atoms with Crippen molar-refractivity contribution in [3.05, 3.63) is 33.8 Å². The minimum Gasteiger partial charge on any atom is -0.469 e. The number of hydrogen-bond acceptors (Lipinski definition) is 3. The molecule has 0 saturated heterocycles. The number of ether oxygens (including phenoxy) is 1. The number of nitrogens with zero attached hydrogens (tertiary/aromatic N) is 1. The van der Waals surface area contributed by atoms with Crippen molar-refractivity contribution in [1.29, 1.82) is 0 Å². The minimum atomic E-state index is -0.181. The smallest absolute Gasteiger partial charge is 0.305 e. The zero-order valence-corrected chi connectivity index (χ0v) is 14.3. The van der Waals surface area contributed by atoms with Gasteiger partial charge in [0.2, 0.25) is 0 Å². The molecule has 1 rings (SSSR count). The summed E-state index contributed by atoms with van der Waals surface area (Å²) < 4.78 is 4.59. The van der Waals surface area contributed by atoms with Crippen LogP contribution in [0, 0.1) is 0 Å². The van der Waals surface area contributed by atoms with Gasteiger partial charge in [-0.05, 0) is 30.5 Å². The fourth-order valence-corrected chi connectivity index (χ4v) is 2.24. The summed E-state index contributed by atoms with van der Waals surface area (Å²) in [6, 6.07) is 5.39. The standard InChI is InChI=1S/C15H21Cl2N3O2/c1-18-15(19-8-4-3-5-14(21)22-2)20-10-11-6-7-12(16)9-13(11)17/h6-7,9H,3-5,8,10H2,1-2H3,(H2,18,19,20). The molecule has 22 heavy (non-hydrogen) atoms. The Hall–Kier alpha value is -1.46. The summed E-state index contributed by atoms with van der Waals surface area (Å²) in [6.45, 7) is 1.28. The zero-order valence-electron chi connectivity index (χ0n) is 12.8. The fourth-order valence-electron chi connectivity index (χ4n) is 1.77. The molecule has 0 atom stereocenters. The van der Waals surface area contributed by atoms with Crippen LogP contribution in [-0.2, 0) is 16.1 Å². The predicted octanol–water partition coefficient (Wildman–Crippen LogP) is 3.00. The van der Waals surface area contributed by atoms with Crippen LogP contribution in [0.15, 0.2) is 23.2 Å². The summed E-state index contributed by atoms with van der Waals surface area (Å²) in [7, 11) is 3.10. The summed E-state index contributed by atoms with van der Waals surface area (Å²) in [5.41, 5.74) is 0.944. The number of benzene rings is 1. The van der Waals surface area contributed by atoms with E-state index in [2.05, 4.69) is 20.4 Å². The Kier molecular flexibility index (Phi) is 8.70. The molecule has 1 aromatic carbocycles. The number of esters is 1. The molecule has 0 unspecified atom stereocenters. The Balaban J connectivity index is 2.29. The number of methoxy groups -OCH3 is 1. The number of hydrogen-bond donors (Lipinski definition) is 2. The normalized spacial score (nSPS) is 11.2. The van der Waals surface area contributed by atoms with E-state index in [1.807, 2.05) is 6.07 Å². The van der Waals surface area contributed by atoms with Gasteiger partial charge in [0.1, 0.15) is 0 Å². The molecule has 0 aliphatic heterocycles. The van der Waals surface area contributed by atoms with Gasteiger partial charge in [-0.3, -0.25) is 9.79 Å². The van der Waals surface area contributed by atoms with Crippen LogP contribution in [0.3, 0.4) is 0 Å². The first-order chi connectivity index (χ1) is 10.6. The zero-order chi connectivity index (χ0) is 16.4. The molecule has 2 N–H and O–H groups in total. The number of guanidine groups is 1. The van der Waals surface area contributed by atoms with Gasteiger partial charge in [-0.2, -0.15) is 0 Å². The maximum absolute atomic E-state index is 11.0. The van der Waals surface area contributed by atoms with Gasteiger partial charge >= 0.3 is 5.97 Å². The largest absolute Gasteiger partial charge is 0.469 e. The van der Waals surface area contributed by atoms with Gasteiger partial charge in [0.25, 0.3) is 0 Å². The molecule has 122 valence electrons. The molecular formula is C15H21Cl2N3O2. The average Bonchev–Trinajstić information content (AvgIpc) is 2.51. The van der Waals surface area contributed by atoms with Crippen LogP contribution < -0.4 is 10.6 Å². The Labute approximate surface area is 141 Å². The highest BCUT2D eigenvalue weighted by Crippen LogP contribution is 2.20. The Morgan fingerprint density at radius 1 is 1.27 bits per heavy atom. The van der Waals surface area contributed by atoms with E-state index in [4.69, 9.17) is 23.2 Å². The number of carbonyl (C=O) groups is 1. The van der Waals surface area contributed by atoms with E-state index in [9.17, 15) is 4.79 Å². The highest BCUT2D eigenvalue weighted by atomic mass is 35.5. The van der Waals surface area contributed by atoms with Gasteiger partial charge in [0, 0.05) is 36.6 Å². The van der Waals surface area contributed by atoms with Gasteiger partial charge in [-0.15, -0.1) is 0 Å². The number of aliphatic imine (C=N–C) groups is 1. The summed E-state index contributed by atoms with van der Waals surface area (Å²) in [5.74, 6) is 0.504. The molecule has 0 aliphatic rings. The topological polar surface area (TPSA) is 62.7 Å². The van der Waals surface area contributed by atoms with E-state index < -0.39 is 0 Å². The average molecular weight is 346 g/mol. The lowest BCUT2D eigenvalue weighted by Gasteiger charge is -2.12. The summed E-state index contributed by atoms with van der Waals surface area (Å²) in [5, 5.41) is 7.59. The van der Waals surface area contributed by atoms with E-state index in [0.717, 1.165) is 24.9 Å². The molecule has 0 saturated carbocycles. The Morgan fingerprint density at radius 3 is 2.68 bits per heavy atom. The quantitative estimate of drug-likeness (QED) is 0.345. The van der Waals surface area contributed by atoms with E-state index in [-0.39, 0.29) is 5.97 Å². The van der Waals surface area contributed by atoms with Crippen LogP contribution in [0.1, 0.15) is 24.8 Å². The van der Waals surface area contributed by atoms with Crippen LogP contribution in [-0.4, -0.2) is 32.6 Å². The molecule has 0 aliphatic carbocycles. The predicted molar refractivity (Wildman–Crippen MR) is 90.5 cm³/mol. The maximum atomic E-state index is 11.0. The summed E-state index contributed by atoms with van der Waals surface area (Å²) >= 11 is 12.0. The number of halogens is 2. The number of rotatable bonds is 7. The van der Waals surface area contributed by atoms with Crippen LogP contribution in [0.5, 0.6) is 0 Å². The first-order valence-electron chi connectivity index (χ1n) is 7.02. The molecule has 0 amide bonds. The van der Waals surface area contributed by atoms with Gasteiger partial charge in [-0.25, -0.2) is 0 Å². The third-order valence-corrected chi connectivity index (χ3v) is 3.60. The molecule has 0 radical (unpaired) electrons. The van der Waals surface area contributed by atoms with E-state index in [1.54, 1.807) is 19.2 Å². The van der Waals surface area contributed by atoms with E-state index in [0.29, 0.717) is 29.0 Å². The van der Waals surface area contributed by atoms with Gasteiger partial charge in [-0.1, -0.05) is 29.3 Å². The first kappa shape index (κ1) is 18.6. The third kappa shape index (κ3) is 7.00. The summed E-state index contributed by atoms with van der Waals surface area (Å²) in [6.07, 6.45) is 2.07. The van der Waals surface area contributed by atoms with Crippen molar-refractivity contribution < 1.29 is 9.53 Å². The van der Waals surface area contributed by atoms with Gasteiger partial charge in [0.15, 0.2) is 5.96 Å². The van der Waals surface area contributed by atoms with Crippen molar-refractivity contribution in [1.82, 2.24) is 10.6 Å². The van der Waals surface area contributed by atoms with Crippen LogP contribution in [0.25, 0.3) is 0 Å². The first-order valence-corrected chi connectivity index (χ1v) is 7.77. The number of unbranched alkanes of at least 4 members (excludes halogenated alkanes) is 1. The lowest BCUT2D eigenvalue weighted by Crippen LogP contribution is -2.37. The Morgan fingerprint density at radius 2 is 2.05 bits per heavy atom. The highest BCUT2D eigenvalue weighted by Gasteiger charge is 2.03. The van der Waals surface area contributed by atoms with E-state index >= 15 is 0 Å². The molecular weight excluding hydrogens is 325 g/mol. The second kappa shape index (κ2) is 10.3. The maximum Gasteiger partial charge on any atom is 0.305 e. The van der Waals surface area contributed by atoms with Crippen molar-refractivity contribution in [2.45, 2.75) is 25.8 Å². The van der Waals surface area contributed by atoms with Crippen molar-refractivity contribution >= 4 is 35.1 Å². The molecule has 0 fully saturated rings. The highest BCUT2D eigenvalue weighted by molar-refractivity contribution is 6.35. The molecule has 7 heteroatoms. The van der Waals surface area contributed by atoms with E-state index in [1.165, 1.54) is 7.11 Å². The van der Waals surface area contributed by atoms with Gasteiger partial charge in [0.05, 0.1) is 7.11 Å². The second-order valence-corrected chi connectivity index (χ2v) is 5.47. The van der Waals surface area contributed by atoms with Crippen molar-refractivity contribution in [3.63, 3.8) is 0 Å². The van der Waals surface area contributed by atoms with Crippen molar-refractivity contribution in [3.8, 4) is 0 Å². The number of nitrogens with one attached hydrogen (secondary N) is 2. The molecule has 0 bridgehead atoms. The minimum absolute atomic E-state index is 0.181. The van der Waals surface area contributed by atoms with Crippen LogP contribution >= 0.6 is 23.2 Å².